The predicted octanol–water partition coefficient (Wildman–Crippen LogP) is 5.79. The quantitative estimate of drug-likeness (QED) is 0.169. The van der Waals surface area contributed by atoms with Gasteiger partial charge in [-0.25, -0.2) is 15.0 Å². The van der Waals surface area contributed by atoms with Crippen LogP contribution in [-0.4, -0.2) is 50.6 Å². The third-order valence-corrected chi connectivity index (χ3v) is 7.65. The van der Waals surface area contributed by atoms with E-state index in [2.05, 4.69) is 31.7 Å². The van der Waals surface area contributed by atoms with Gasteiger partial charge in [-0.15, -0.1) is 13.2 Å². The Morgan fingerprint density at radius 2 is 1.89 bits per heavy atom. The fourth-order valence-electron chi connectivity index (χ4n) is 4.82. The Balaban J connectivity index is 1.47. The Bertz CT molecular complexity index is 1160. The summed E-state index contributed by atoms with van der Waals surface area (Å²) >= 11 is 1.63. The number of ether oxygens (including phenoxy) is 3. The number of hydrogen-bond acceptors (Lipinski definition) is 8. The molecule has 1 aliphatic rings. The number of halogens is 3. The van der Waals surface area contributed by atoms with Gasteiger partial charge in [0.2, 0.25) is 0 Å². The SMILES string of the molecule is CO/C=C1\[C@@H](Cn2cncn2)[C@H](COc2ccc(OC(F)(F)F)cc2)CC[C@@]1(C)CCSc1ncccn1. The molecule has 4 rings (SSSR count). The first-order valence-corrected chi connectivity index (χ1v) is 13.2. The molecule has 0 N–H and O–H groups in total. The highest BCUT2D eigenvalue weighted by molar-refractivity contribution is 7.99. The van der Waals surface area contributed by atoms with Crippen LogP contribution in [0, 0.1) is 17.3 Å². The van der Waals surface area contributed by atoms with E-state index in [0.29, 0.717) is 18.9 Å². The lowest BCUT2D eigenvalue weighted by atomic mass is 9.62. The molecule has 38 heavy (non-hydrogen) atoms. The Labute approximate surface area is 223 Å². The molecule has 1 aliphatic carbocycles. The van der Waals surface area contributed by atoms with Crippen molar-refractivity contribution in [1.82, 2.24) is 24.7 Å². The fourth-order valence-corrected chi connectivity index (χ4v) is 5.83. The maximum absolute atomic E-state index is 12.5. The number of alkyl halides is 3. The smallest absolute Gasteiger partial charge is 0.504 e. The van der Waals surface area contributed by atoms with Crippen LogP contribution in [0.1, 0.15) is 26.2 Å². The zero-order valence-electron chi connectivity index (χ0n) is 21.2. The van der Waals surface area contributed by atoms with Crippen molar-refractivity contribution >= 4 is 11.8 Å². The van der Waals surface area contributed by atoms with E-state index >= 15 is 0 Å². The minimum absolute atomic E-state index is 0.0567. The maximum atomic E-state index is 12.5. The highest BCUT2D eigenvalue weighted by Crippen LogP contribution is 2.50. The van der Waals surface area contributed by atoms with E-state index in [4.69, 9.17) is 9.47 Å². The third kappa shape index (κ3) is 7.62. The second kappa shape index (κ2) is 12.5. The molecule has 1 saturated carbocycles. The molecule has 3 aromatic rings. The zero-order valence-corrected chi connectivity index (χ0v) is 22.0. The van der Waals surface area contributed by atoms with Crippen LogP contribution in [0.5, 0.6) is 11.5 Å². The number of aromatic nitrogens is 5. The molecule has 2 aromatic heterocycles. The molecule has 3 atom stereocenters. The number of rotatable bonds is 11. The van der Waals surface area contributed by atoms with Crippen LogP contribution >= 0.6 is 11.8 Å². The molecule has 0 amide bonds. The van der Waals surface area contributed by atoms with Crippen molar-refractivity contribution in [2.75, 3.05) is 19.5 Å². The van der Waals surface area contributed by atoms with E-state index in [0.717, 1.165) is 30.2 Å². The number of nitrogens with zero attached hydrogens (tertiary/aromatic N) is 5. The summed E-state index contributed by atoms with van der Waals surface area (Å²) in [5, 5.41) is 5.07. The maximum Gasteiger partial charge on any atom is 0.573 e. The molecule has 8 nitrogen and oxygen atoms in total. The van der Waals surface area contributed by atoms with E-state index < -0.39 is 6.36 Å². The van der Waals surface area contributed by atoms with Gasteiger partial charge in [0.1, 0.15) is 24.2 Å². The van der Waals surface area contributed by atoms with Crippen molar-refractivity contribution in [3.05, 3.63) is 67.2 Å². The van der Waals surface area contributed by atoms with Crippen molar-refractivity contribution in [3.63, 3.8) is 0 Å². The van der Waals surface area contributed by atoms with Gasteiger partial charge in [-0.2, -0.15) is 5.10 Å². The molecule has 0 spiro atoms. The molecule has 0 bridgehead atoms. The molecule has 0 radical (unpaired) electrons. The van der Waals surface area contributed by atoms with Crippen molar-refractivity contribution in [2.24, 2.45) is 17.3 Å². The molecule has 204 valence electrons. The normalized spacial score (nSPS) is 22.8. The molecule has 1 fully saturated rings. The molecular weight excluding hydrogens is 519 g/mol. The molecule has 0 unspecified atom stereocenters. The van der Waals surface area contributed by atoms with E-state index in [1.807, 2.05) is 10.9 Å². The van der Waals surface area contributed by atoms with E-state index in [1.54, 1.807) is 43.7 Å². The van der Waals surface area contributed by atoms with Crippen LogP contribution in [0.25, 0.3) is 0 Å². The first-order chi connectivity index (χ1) is 18.3. The summed E-state index contributed by atoms with van der Waals surface area (Å²) in [5.74, 6) is 1.23. The Kier molecular flexibility index (Phi) is 9.13. The summed E-state index contributed by atoms with van der Waals surface area (Å²) in [4.78, 5) is 12.7. The predicted molar refractivity (Wildman–Crippen MR) is 135 cm³/mol. The van der Waals surface area contributed by atoms with Crippen LogP contribution < -0.4 is 9.47 Å². The highest BCUT2D eigenvalue weighted by atomic mass is 32.2. The molecule has 2 heterocycles. The van der Waals surface area contributed by atoms with Crippen LogP contribution in [0.4, 0.5) is 13.2 Å². The molecule has 0 aliphatic heterocycles. The molecule has 12 heteroatoms. The van der Waals surface area contributed by atoms with Crippen molar-refractivity contribution in [1.29, 1.82) is 0 Å². The number of thioether (sulfide) groups is 1. The van der Waals surface area contributed by atoms with Crippen molar-refractivity contribution < 1.29 is 27.4 Å². The fraction of sp³-hybridized carbons (Fsp3) is 0.462. The Morgan fingerprint density at radius 3 is 2.55 bits per heavy atom. The largest absolute Gasteiger partial charge is 0.573 e. The number of methoxy groups -OCH3 is 1. The summed E-state index contributed by atoms with van der Waals surface area (Å²) in [7, 11) is 1.65. The van der Waals surface area contributed by atoms with Gasteiger partial charge in [0.25, 0.3) is 0 Å². The average molecular weight is 550 g/mol. The number of hydrogen-bond donors (Lipinski definition) is 0. The zero-order chi connectivity index (χ0) is 27.0. The van der Waals surface area contributed by atoms with Crippen LogP contribution in [0.3, 0.4) is 0 Å². The topological polar surface area (TPSA) is 84.2 Å². The summed E-state index contributed by atoms with van der Waals surface area (Å²) in [6.07, 6.45) is 6.53. The first-order valence-electron chi connectivity index (χ1n) is 12.2. The summed E-state index contributed by atoms with van der Waals surface area (Å²) in [6, 6.07) is 7.26. The highest BCUT2D eigenvalue weighted by Gasteiger charge is 2.43. The first kappa shape index (κ1) is 27.7. The molecule has 0 saturated heterocycles. The standard InChI is InChI=1S/C26H30F3N5O3S/c1-25(10-13-38-24-31-11-3-12-32-24)9-8-19(22(23(25)16-35-2)14-34-18-30-17-33-34)15-36-20-4-6-21(7-5-20)37-26(27,28)29/h3-7,11-12,16-19,22H,8-10,13-15H2,1-2H3/b23-16+/t19-,22-,25-/m0/s1. The lowest BCUT2D eigenvalue weighted by Crippen LogP contribution is -2.40. The van der Waals surface area contributed by atoms with Gasteiger partial charge in [0.05, 0.1) is 20.0 Å². The van der Waals surface area contributed by atoms with Crippen LogP contribution in [0.15, 0.2) is 72.4 Å². The van der Waals surface area contributed by atoms with Crippen LogP contribution in [0.2, 0.25) is 0 Å². The van der Waals surface area contributed by atoms with Gasteiger partial charge in [-0.1, -0.05) is 18.7 Å². The lowest BCUT2D eigenvalue weighted by Gasteiger charge is -2.45. The van der Waals surface area contributed by atoms with Gasteiger partial charge in [0, 0.05) is 36.5 Å². The number of allylic oxidation sites excluding steroid dienone is 1. The second-order valence-electron chi connectivity index (χ2n) is 9.35. The van der Waals surface area contributed by atoms with Crippen LogP contribution in [-0.2, 0) is 11.3 Å². The van der Waals surface area contributed by atoms with Crippen molar-refractivity contribution in [3.8, 4) is 11.5 Å². The van der Waals surface area contributed by atoms with E-state index in [9.17, 15) is 13.2 Å². The average Bonchev–Trinajstić information content (AvgIpc) is 3.40. The van der Waals surface area contributed by atoms with E-state index in [-0.39, 0.29) is 23.0 Å². The van der Waals surface area contributed by atoms with Gasteiger partial charge in [0.15, 0.2) is 5.16 Å². The van der Waals surface area contributed by atoms with Gasteiger partial charge >= 0.3 is 6.36 Å². The Morgan fingerprint density at radius 1 is 1.16 bits per heavy atom. The summed E-state index contributed by atoms with van der Waals surface area (Å²) in [5.41, 5.74) is 1.06. The second-order valence-corrected chi connectivity index (χ2v) is 10.4. The monoisotopic (exact) mass is 549 g/mol. The summed E-state index contributed by atoms with van der Waals surface area (Å²) in [6.45, 7) is 3.25. The van der Waals surface area contributed by atoms with Crippen molar-refractivity contribution in [2.45, 2.75) is 44.2 Å². The number of benzene rings is 1. The third-order valence-electron chi connectivity index (χ3n) is 6.78. The summed E-state index contributed by atoms with van der Waals surface area (Å²) < 4.78 is 54.8. The minimum atomic E-state index is -4.73. The van der Waals surface area contributed by atoms with Gasteiger partial charge < -0.3 is 14.2 Å². The Hall–Kier alpha value is -3.28. The lowest BCUT2D eigenvalue weighted by molar-refractivity contribution is -0.274. The molecular formula is C26H30F3N5O3S. The van der Waals surface area contributed by atoms with E-state index in [1.165, 1.54) is 36.2 Å². The molecule has 1 aromatic carbocycles. The van der Waals surface area contributed by atoms with Gasteiger partial charge in [-0.05, 0) is 60.6 Å². The van der Waals surface area contributed by atoms with Gasteiger partial charge in [-0.3, -0.25) is 4.68 Å². The minimum Gasteiger partial charge on any atom is -0.504 e.